The van der Waals surface area contributed by atoms with E-state index in [1.807, 2.05) is 13.8 Å². The van der Waals surface area contributed by atoms with Gasteiger partial charge in [0.25, 0.3) is 11.6 Å². The third-order valence-electron chi connectivity index (χ3n) is 6.13. The van der Waals surface area contributed by atoms with Crippen LogP contribution in [0.15, 0.2) is 66.7 Å². The van der Waals surface area contributed by atoms with E-state index >= 15 is 0 Å². The van der Waals surface area contributed by atoms with Gasteiger partial charge in [0, 0.05) is 12.0 Å². The van der Waals surface area contributed by atoms with E-state index in [2.05, 4.69) is 36.5 Å². The number of para-hydroxylation sites is 1. The van der Waals surface area contributed by atoms with Crippen LogP contribution in [0.5, 0.6) is 11.5 Å². The fraction of sp³-hybridized carbons (Fsp3) is 0.310. The maximum absolute atomic E-state index is 13.2. The molecule has 1 atom stereocenters. The first-order valence-electron chi connectivity index (χ1n) is 11.9. The second-order valence-corrected chi connectivity index (χ2v) is 8.57. The molecule has 3 aromatic rings. The van der Waals surface area contributed by atoms with Crippen LogP contribution in [0.1, 0.15) is 59.3 Å². The van der Waals surface area contributed by atoms with Crippen molar-refractivity contribution in [2.24, 2.45) is 0 Å². The Labute approximate surface area is 206 Å². The molecule has 0 bridgehead atoms. The molecule has 0 saturated carbocycles. The van der Waals surface area contributed by atoms with E-state index in [-0.39, 0.29) is 6.42 Å². The van der Waals surface area contributed by atoms with Crippen molar-refractivity contribution in [1.82, 2.24) is 5.32 Å². The van der Waals surface area contributed by atoms with Gasteiger partial charge in [-0.3, -0.25) is 4.79 Å². The molecule has 0 aliphatic heterocycles. The number of aryl methyl sites for hydroxylation is 1. The highest BCUT2D eigenvalue weighted by Gasteiger charge is 2.41. The van der Waals surface area contributed by atoms with Gasteiger partial charge in [-0.2, -0.15) is 0 Å². The number of nitrogens with one attached hydrogen (secondary N) is 1. The number of carbonyl (C=O) groups is 2. The quantitative estimate of drug-likeness (QED) is 0.341. The molecule has 3 rings (SSSR count). The van der Waals surface area contributed by atoms with Gasteiger partial charge in [0.15, 0.2) is 0 Å². The molecule has 0 fully saturated rings. The molecular weight excluding hydrogens is 442 g/mol. The van der Waals surface area contributed by atoms with Gasteiger partial charge in [0.2, 0.25) is 0 Å². The zero-order valence-electron chi connectivity index (χ0n) is 20.8. The monoisotopic (exact) mass is 475 g/mol. The zero-order valence-corrected chi connectivity index (χ0v) is 20.8. The number of benzene rings is 3. The number of carboxylic acids is 1. The predicted octanol–water partition coefficient (Wildman–Crippen LogP) is 5.83. The smallest absolute Gasteiger partial charge is 0.370 e. The normalized spacial score (nSPS) is 12.5. The van der Waals surface area contributed by atoms with Crippen molar-refractivity contribution in [2.75, 3.05) is 0 Å². The zero-order chi connectivity index (χ0) is 25.4. The second-order valence-electron chi connectivity index (χ2n) is 8.57. The van der Waals surface area contributed by atoms with E-state index < -0.39 is 17.6 Å². The highest BCUT2D eigenvalue weighted by molar-refractivity contribution is 5.99. The van der Waals surface area contributed by atoms with Crippen LogP contribution in [0, 0.1) is 13.8 Å². The van der Waals surface area contributed by atoms with Crippen LogP contribution in [-0.2, 0) is 17.8 Å². The number of amides is 1. The van der Waals surface area contributed by atoms with Crippen molar-refractivity contribution in [3.05, 3.63) is 94.5 Å². The van der Waals surface area contributed by atoms with Crippen LogP contribution >= 0.6 is 0 Å². The van der Waals surface area contributed by atoms with Gasteiger partial charge >= 0.3 is 5.97 Å². The average Bonchev–Trinajstić information content (AvgIpc) is 2.86. The summed E-state index contributed by atoms with van der Waals surface area (Å²) < 4.78 is 11.8. The molecule has 3 aromatic carbocycles. The fourth-order valence-corrected chi connectivity index (χ4v) is 3.82. The molecule has 0 radical (unpaired) electrons. The summed E-state index contributed by atoms with van der Waals surface area (Å²) in [5.41, 5.74) is 2.39. The maximum Gasteiger partial charge on any atom is 0.370 e. The predicted molar refractivity (Wildman–Crippen MR) is 136 cm³/mol. The Hall–Kier alpha value is -3.80. The third-order valence-corrected chi connectivity index (χ3v) is 6.13. The largest absolute Gasteiger partial charge is 0.489 e. The highest BCUT2D eigenvalue weighted by atomic mass is 16.5. The van der Waals surface area contributed by atoms with Crippen LogP contribution < -0.4 is 14.8 Å². The second kappa shape index (κ2) is 11.6. The molecule has 0 spiro atoms. The molecule has 2 N–H and O–H groups in total. The summed E-state index contributed by atoms with van der Waals surface area (Å²) in [5, 5.41) is 12.5. The van der Waals surface area contributed by atoms with Gasteiger partial charge in [-0.1, -0.05) is 62.7 Å². The van der Waals surface area contributed by atoms with Gasteiger partial charge in [0.05, 0.1) is 0 Å². The van der Waals surface area contributed by atoms with Crippen molar-refractivity contribution in [2.45, 2.75) is 59.3 Å². The van der Waals surface area contributed by atoms with Gasteiger partial charge in [-0.25, -0.2) is 4.79 Å². The lowest BCUT2D eigenvalue weighted by atomic mass is 10.0. The standard InChI is InChI=1S/C29H33NO5/c1-5-10-22-13-15-23(16-14-22)19-34-26-18-17-25(20(3)21(26)4)27(31)30-29(6-2,28(32)33)35-24-11-8-7-9-12-24/h7-9,11-18H,5-6,10,19H2,1-4H3,(H,30,31)(H,32,33). The van der Waals surface area contributed by atoms with Crippen molar-refractivity contribution >= 4 is 11.9 Å². The van der Waals surface area contributed by atoms with E-state index in [1.165, 1.54) is 5.56 Å². The summed E-state index contributed by atoms with van der Waals surface area (Å²) in [7, 11) is 0. The summed E-state index contributed by atoms with van der Waals surface area (Å²) in [6.07, 6.45) is 2.21. The summed E-state index contributed by atoms with van der Waals surface area (Å²) in [6, 6.07) is 20.4. The highest BCUT2D eigenvalue weighted by Crippen LogP contribution is 2.27. The van der Waals surface area contributed by atoms with E-state index in [0.29, 0.717) is 29.2 Å². The van der Waals surface area contributed by atoms with Gasteiger partial charge < -0.3 is 19.9 Å². The number of hydrogen-bond acceptors (Lipinski definition) is 4. The van der Waals surface area contributed by atoms with E-state index in [1.54, 1.807) is 49.4 Å². The Bertz CT molecular complexity index is 1160. The minimum Gasteiger partial charge on any atom is -0.489 e. The summed E-state index contributed by atoms with van der Waals surface area (Å²) >= 11 is 0. The van der Waals surface area contributed by atoms with Crippen molar-refractivity contribution < 1.29 is 24.2 Å². The van der Waals surface area contributed by atoms with E-state index in [0.717, 1.165) is 24.0 Å². The summed E-state index contributed by atoms with van der Waals surface area (Å²) in [4.78, 5) is 25.3. The summed E-state index contributed by atoms with van der Waals surface area (Å²) in [5.74, 6) is -0.756. The van der Waals surface area contributed by atoms with Gasteiger partial charge in [-0.15, -0.1) is 0 Å². The number of aliphatic carboxylic acids is 1. The number of carbonyl (C=O) groups excluding carboxylic acids is 1. The molecule has 184 valence electrons. The van der Waals surface area contributed by atoms with Crippen LogP contribution in [0.4, 0.5) is 0 Å². The van der Waals surface area contributed by atoms with E-state index in [4.69, 9.17) is 9.47 Å². The topological polar surface area (TPSA) is 84.9 Å². The van der Waals surface area contributed by atoms with E-state index in [9.17, 15) is 14.7 Å². The molecular formula is C29H33NO5. The van der Waals surface area contributed by atoms with Crippen molar-refractivity contribution in [3.63, 3.8) is 0 Å². The van der Waals surface area contributed by atoms with Crippen molar-refractivity contribution in [3.8, 4) is 11.5 Å². The first-order valence-corrected chi connectivity index (χ1v) is 11.9. The van der Waals surface area contributed by atoms with Crippen LogP contribution in [0.2, 0.25) is 0 Å². The Balaban J connectivity index is 1.75. The molecule has 0 heterocycles. The molecule has 35 heavy (non-hydrogen) atoms. The number of carboxylic acid groups (broad SMARTS) is 1. The number of rotatable bonds is 11. The van der Waals surface area contributed by atoms with Crippen LogP contribution in [0.25, 0.3) is 0 Å². The number of hydrogen-bond donors (Lipinski definition) is 2. The molecule has 0 saturated heterocycles. The Morgan fingerprint density at radius 1 is 0.886 bits per heavy atom. The average molecular weight is 476 g/mol. The molecule has 1 amide bonds. The lowest BCUT2D eigenvalue weighted by Gasteiger charge is -2.30. The lowest BCUT2D eigenvalue weighted by Crippen LogP contribution is -2.58. The van der Waals surface area contributed by atoms with Crippen LogP contribution in [0.3, 0.4) is 0 Å². The molecule has 6 heteroatoms. The first kappa shape index (κ1) is 25.8. The maximum atomic E-state index is 13.2. The molecule has 0 aliphatic rings. The first-order chi connectivity index (χ1) is 16.8. The minimum absolute atomic E-state index is 0.0409. The SMILES string of the molecule is CCCc1ccc(COc2ccc(C(=O)NC(CC)(Oc3ccccc3)C(=O)O)c(C)c2C)cc1. The fourth-order valence-electron chi connectivity index (χ4n) is 3.82. The summed E-state index contributed by atoms with van der Waals surface area (Å²) in [6.45, 7) is 7.94. The molecule has 1 unspecified atom stereocenters. The Kier molecular flexibility index (Phi) is 8.53. The van der Waals surface area contributed by atoms with Crippen molar-refractivity contribution in [1.29, 1.82) is 0 Å². The molecule has 0 aliphatic carbocycles. The third kappa shape index (κ3) is 6.21. The van der Waals surface area contributed by atoms with Gasteiger partial charge in [-0.05, 0) is 66.8 Å². The van der Waals surface area contributed by atoms with Gasteiger partial charge in [0.1, 0.15) is 18.1 Å². The lowest BCUT2D eigenvalue weighted by molar-refractivity contribution is -0.158. The van der Waals surface area contributed by atoms with Crippen LogP contribution in [-0.4, -0.2) is 22.7 Å². The molecule has 6 nitrogen and oxygen atoms in total. The minimum atomic E-state index is -1.89. The Morgan fingerprint density at radius 3 is 2.14 bits per heavy atom. The Morgan fingerprint density at radius 2 is 1.54 bits per heavy atom. The number of ether oxygens (including phenoxy) is 2. The molecule has 0 aromatic heterocycles.